The van der Waals surface area contributed by atoms with Crippen LogP contribution in [0.5, 0.6) is 0 Å². The van der Waals surface area contributed by atoms with Gasteiger partial charge in [-0.1, -0.05) is 25.1 Å². The SMILES string of the molecule is CCC1CCCN1Cc1ccccc1C#N. The molecule has 0 amide bonds. The first-order valence-corrected chi connectivity index (χ1v) is 6.07. The van der Waals surface area contributed by atoms with Gasteiger partial charge in [0.05, 0.1) is 11.6 Å². The van der Waals surface area contributed by atoms with Gasteiger partial charge in [-0.2, -0.15) is 5.26 Å². The molecule has 0 aliphatic carbocycles. The quantitative estimate of drug-likeness (QED) is 0.773. The Morgan fingerprint density at radius 1 is 1.44 bits per heavy atom. The Kier molecular flexibility index (Phi) is 3.58. The van der Waals surface area contributed by atoms with Crippen molar-refractivity contribution in [1.29, 1.82) is 5.26 Å². The highest BCUT2D eigenvalue weighted by Gasteiger charge is 2.23. The molecular formula is C14H18N2. The zero-order valence-electron chi connectivity index (χ0n) is 9.82. The summed E-state index contributed by atoms with van der Waals surface area (Å²) < 4.78 is 0. The van der Waals surface area contributed by atoms with Crippen molar-refractivity contribution in [3.8, 4) is 6.07 Å². The molecule has 1 heterocycles. The van der Waals surface area contributed by atoms with Gasteiger partial charge in [0, 0.05) is 12.6 Å². The van der Waals surface area contributed by atoms with Crippen molar-refractivity contribution >= 4 is 0 Å². The van der Waals surface area contributed by atoms with Crippen molar-refractivity contribution in [3.05, 3.63) is 35.4 Å². The third-order valence-electron chi connectivity index (χ3n) is 3.48. The molecule has 1 unspecified atom stereocenters. The lowest BCUT2D eigenvalue weighted by Crippen LogP contribution is -2.28. The van der Waals surface area contributed by atoms with E-state index in [1.807, 2.05) is 18.2 Å². The van der Waals surface area contributed by atoms with Crippen molar-refractivity contribution in [2.75, 3.05) is 6.54 Å². The maximum absolute atomic E-state index is 9.05. The van der Waals surface area contributed by atoms with E-state index in [1.54, 1.807) is 0 Å². The van der Waals surface area contributed by atoms with Gasteiger partial charge < -0.3 is 0 Å². The molecule has 0 aromatic heterocycles. The van der Waals surface area contributed by atoms with Gasteiger partial charge in [-0.15, -0.1) is 0 Å². The summed E-state index contributed by atoms with van der Waals surface area (Å²) in [6, 6.07) is 10.9. The number of benzene rings is 1. The van der Waals surface area contributed by atoms with Gasteiger partial charge in [0.15, 0.2) is 0 Å². The molecule has 16 heavy (non-hydrogen) atoms. The number of nitrogens with zero attached hydrogens (tertiary/aromatic N) is 2. The molecule has 1 aliphatic rings. The van der Waals surface area contributed by atoms with Gasteiger partial charge in [0.2, 0.25) is 0 Å². The van der Waals surface area contributed by atoms with Gasteiger partial charge in [-0.3, -0.25) is 4.90 Å². The third-order valence-corrected chi connectivity index (χ3v) is 3.48. The molecule has 1 aliphatic heterocycles. The lowest BCUT2D eigenvalue weighted by atomic mass is 10.1. The summed E-state index contributed by atoms with van der Waals surface area (Å²) in [4.78, 5) is 2.51. The van der Waals surface area contributed by atoms with E-state index < -0.39 is 0 Å². The zero-order valence-corrected chi connectivity index (χ0v) is 9.82. The average Bonchev–Trinajstić information content (AvgIpc) is 2.77. The van der Waals surface area contributed by atoms with Crippen molar-refractivity contribution in [3.63, 3.8) is 0 Å². The molecule has 0 radical (unpaired) electrons. The predicted octanol–water partition coefficient (Wildman–Crippen LogP) is 2.93. The monoisotopic (exact) mass is 214 g/mol. The van der Waals surface area contributed by atoms with Crippen LogP contribution in [0.25, 0.3) is 0 Å². The Morgan fingerprint density at radius 3 is 3.00 bits per heavy atom. The van der Waals surface area contributed by atoms with E-state index in [0.717, 1.165) is 12.1 Å². The van der Waals surface area contributed by atoms with Crippen molar-refractivity contribution in [2.45, 2.75) is 38.8 Å². The first kappa shape index (κ1) is 11.2. The normalized spacial score (nSPS) is 20.9. The molecule has 1 atom stereocenters. The van der Waals surface area contributed by atoms with E-state index in [0.29, 0.717) is 6.04 Å². The summed E-state index contributed by atoms with van der Waals surface area (Å²) in [7, 11) is 0. The molecule has 1 aromatic carbocycles. The minimum atomic E-state index is 0.715. The first-order valence-electron chi connectivity index (χ1n) is 6.07. The molecule has 84 valence electrons. The lowest BCUT2D eigenvalue weighted by Gasteiger charge is -2.23. The van der Waals surface area contributed by atoms with Gasteiger partial charge >= 0.3 is 0 Å². The van der Waals surface area contributed by atoms with E-state index in [2.05, 4.69) is 24.0 Å². The molecule has 2 rings (SSSR count). The Hall–Kier alpha value is -1.33. The number of rotatable bonds is 3. The molecule has 1 saturated heterocycles. The van der Waals surface area contributed by atoms with Crippen LogP contribution < -0.4 is 0 Å². The van der Waals surface area contributed by atoms with Crippen LogP contribution in [-0.4, -0.2) is 17.5 Å². The lowest BCUT2D eigenvalue weighted by molar-refractivity contribution is 0.240. The number of likely N-dealkylation sites (tertiary alicyclic amines) is 1. The number of hydrogen-bond acceptors (Lipinski definition) is 2. The molecule has 0 bridgehead atoms. The molecule has 0 N–H and O–H groups in total. The Balaban J connectivity index is 2.12. The topological polar surface area (TPSA) is 27.0 Å². The summed E-state index contributed by atoms with van der Waals surface area (Å²) in [6.07, 6.45) is 3.83. The summed E-state index contributed by atoms with van der Waals surface area (Å²) >= 11 is 0. The number of hydrogen-bond donors (Lipinski definition) is 0. The summed E-state index contributed by atoms with van der Waals surface area (Å²) in [5.74, 6) is 0. The van der Waals surface area contributed by atoms with Crippen molar-refractivity contribution < 1.29 is 0 Å². The van der Waals surface area contributed by atoms with E-state index >= 15 is 0 Å². The third kappa shape index (κ3) is 2.25. The fraction of sp³-hybridized carbons (Fsp3) is 0.500. The van der Waals surface area contributed by atoms with Gasteiger partial charge in [0.1, 0.15) is 0 Å². The van der Waals surface area contributed by atoms with E-state index in [9.17, 15) is 0 Å². The van der Waals surface area contributed by atoms with Crippen LogP contribution in [0.15, 0.2) is 24.3 Å². The van der Waals surface area contributed by atoms with Gasteiger partial charge in [0.25, 0.3) is 0 Å². The first-order chi connectivity index (χ1) is 7.85. The number of nitriles is 1. The molecule has 1 aromatic rings. The summed E-state index contributed by atoms with van der Waals surface area (Å²) in [6.45, 7) is 4.36. The van der Waals surface area contributed by atoms with Crippen molar-refractivity contribution in [1.82, 2.24) is 4.90 Å². The van der Waals surface area contributed by atoms with Crippen molar-refractivity contribution in [2.24, 2.45) is 0 Å². The fourth-order valence-corrected chi connectivity index (χ4v) is 2.55. The second-order valence-corrected chi connectivity index (χ2v) is 4.44. The maximum Gasteiger partial charge on any atom is 0.0995 e. The average molecular weight is 214 g/mol. The van der Waals surface area contributed by atoms with Crippen LogP contribution in [-0.2, 0) is 6.54 Å². The summed E-state index contributed by atoms with van der Waals surface area (Å²) in [5.41, 5.74) is 2.00. The minimum Gasteiger partial charge on any atom is -0.296 e. The highest BCUT2D eigenvalue weighted by atomic mass is 15.2. The van der Waals surface area contributed by atoms with Crippen LogP contribution in [0.1, 0.15) is 37.3 Å². The molecule has 1 fully saturated rings. The van der Waals surface area contributed by atoms with E-state index in [-0.39, 0.29) is 0 Å². The van der Waals surface area contributed by atoms with Crippen LogP contribution in [0.2, 0.25) is 0 Å². The van der Waals surface area contributed by atoms with Crippen LogP contribution >= 0.6 is 0 Å². The zero-order chi connectivity index (χ0) is 11.4. The predicted molar refractivity (Wildman–Crippen MR) is 64.9 cm³/mol. The molecule has 2 heteroatoms. The van der Waals surface area contributed by atoms with E-state index in [4.69, 9.17) is 5.26 Å². The second-order valence-electron chi connectivity index (χ2n) is 4.44. The highest BCUT2D eigenvalue weighted by Crippen LogP contribution is 2.23. The Bertz CT molecular complexity index is 392. The molecule has 0 saturated carbocycles. The fourth-order valence-electron chi connectivity index (χ4n) is 2.55. The van der Waals surface area contributed by atoms with Crippen LogP contribution in [0.4, 0.5) is 0 Å². The Labute approximate surface area is 97.5 Å². The van der Waals surface area contributed by atoms with Gasteiger partial charge in [-0.25, -0.2) is 0 Å². The van der Waals surface area contributed by atoms with E-state index in [1.165, 1.54) is 31.4 Å². The largest absolute Gasteiger partial charge is 0.296 e. The van der Waals surface area contributed by atoms with Gasteiger partial charge in [-0.05, 0) is 37.4 Å². The Morgan fingerprint density at radius 2 is 2.25 bits per heavy atom. The highest BCUT2D eigenvalue weighted by molar-refractivity contribution is 5.37. The molecule has 2 nitrogen and oxygen atoms in total. The molecule has 0 spiro atoms. The van der Waals surface area contributed by atoms with Crippen LogP contribution in [0, 0.1) is 11.3 Å². The standard InChI is InChI=1S/C14H18N2/c1-2-14-8-5-9-16(14)11-13-7-4-3-6-12(13)10-15/h3-4,6-7,14H,2,5,8-9,11H2,1H3. The maximum atomic E-state index is 9.05. The molecular weight excluding hydrogens is 196 g/mol. The smallest absolute Gasteiger partial charge is 0.0995 e. The summed E-state index contributed by atoms with van der Waals surface area (Å²) in [5, 5.41) is 9.05. The second kappa shape index (κ2) is 5.14. The van der Waals surface area contributed by atoms with Crippen LogP contribution in [0.3, 0.4) is 0 Å². The minimum absolute atomic E-state index is 0.715.